The monoisotopic (exact) mass is 268 g/mol. The zero-order chi connectivity index (χ0) is 14.1. The normalized spacial score (nSPS) is 10.7. The van der Waals surface area contributed by atoms with E-state index in [2.05, 4.69) is 5.10 Å². The molecule has 0 saturated carbocycles. The summed E-state index contributed by atoms with van der Waals surface area (Å²) in [6.07, 6.45) is 0. The van der Waals surface area contributed by atoms with Crippen molar-refractivity contribution in [2.75, 3.05) is 0 Å². The number of hydrogen-bond acceptors (Lipinski definition) is 1. The van der Waals surface area contributed by atoms with E-state index in [1.165, 1.54) is 16.8 Å². The number of hydrogen-bond donors (Lipinski definition) is 1. The molecule has 3 aromatic rings. The number of benzene rings is 2. The SMILES string of the molecule is Cc1c(-c2ccccc2)[nH]n(-c2ccc(F)cc2)c1=O. The molecule has 1 N–H and O–H groups in total. The number of halogens is 1. The van der Waals surface area contributed by atoms with Crippen LogP contribution in [0.25, 0.3) is 16.9 Å². The summed E-state index contributed by atoms with van der Waals surface area (Å²) in [7, 11) is 0. The van der Waals surface area contributed by atoms with Crippen LogP contribution in [0.5, 0.6) is 0 Å². The topological polar surface area (TPSA) is 37.8 Å². The van der Waals surface area contributed by atoms with Gasteiger partial charge in [0.25, 0.3) is 5.56 Å². The number of rotatable bonds is 2. The fourth-order valence-electron chi connectivity index (χ4n) is 2.18. The van der Waals surface area contributed by atoms with Crippen LogP contribution in [-0.4, -0.2) is 9.78 Å². The van der Waals surface area contributed by atoms with Gasteiger partial charge in [-0.15, -0.1) is 0 Å². The van der Waals surface area contributed by atoms with Gasteiger partial charge in [-0.25, -0.2) is 9.07 Å². The van der Waals surface area contributed by atoms with Gasteiger partial charge in [-0.3, -0.25) is 9.89 Å². The number of nitrogens with zero attached hydrogens (tertiary/aromatic N) is 1. The van der Waals surface area contributed by atoms with E-state index in [4.69, 9.17) is 0 Å². The fourth-order valence-corrected chi connectivity index (χ4v) is 2.18. The van der Waals surface area contributed by atoms with E-state index < -0.39 is 0 Å². The molecule has 0 bridgehead atoms. The van der Waals surface area contributed by atoms with Gasteiger partial charge in [0.15, 0.2) is 0 Å². The molecule has 3 nitrogen and oxygen atoms in total. The maximum Gasteiger partial charge on any atom is 0.274 e. The Hall–Kier alpha value is -2.62. The summed E-state index contributed by atoms with van der Waals surface area (Å²) < 4.78 is 14.4. The van der Waals surface area contributed by atoms with Crippen LogP contribution in [0.3, 0.4) is 0 Å². The van der Waals surface area contributed by atoms with E-state index in [0.717, 1.165) is 11.3 Å². The molecule has 0 aliphatic carbocycles. The lowest BCUT2D eigenvalue weighted by atomic mass is 10.1. The Morgan fingerprint density at radius 2 is 1.65 bits per heavy atom. The first-order valence-corrected chi connectivity index (χ1v) is 6.30. The zero-order valence-electron chi connectivity index (χ0n) is 10.9. The second-order valence-corrected chi connectivity index (χ2v) is 4.59. The second-order valence-electron chi connectivity index (χ2n) is 4.59. The Morgan fingerprint density at radius 1 is 1.00 bits per heavy atom. The summed E-state index contributed by atoms with van der Waals surface area (Å²) in [4.78, 5) is 12.3. The first-order chi connectivity index (χ1) is 9.66. The van der Waals surface area contributed by atoms with Crippen molar-refractivity contribution >= 4 is 0 Å². The lowest BCUT2D eigenvalue weighted by Gasteiger charge is -2.02. The maximum atomic E-state index is 13.0. The largest absolute Gasteiger partial charge is 0.290 e. The molecule has 0 atom stereocenters. The van der Waals surface area contributed by atoms with E-state index in [9.17, 15) is 9.18 Å². The molecular formula is C16H13FN2O. The Morgan fingerprint density at radius 3 is 2.30 bits per heavy atom. The van der Waals surface area contributed by atoms with Crippen molar-refractivity contribution in [3.63, 3.8) is 0 Å². The number of nitrogens with one attached hydrogen (secondary N) is 1. The smallest absolute Gasteiger partial charge is 0.274 e. The molecule has 0 aliphatic rings. The maximum absolute atomic E-state index is 13.0. The van der Waals surface area contributed by atoms with E-state index >= 15 is 0 Å². The molecule has 0 aliphatic heterocycles. The molecule has 0 amide bonds. The Labute approximate surface area is 115 Å². The van der Waals surface area contributed by atoms with Crippen LogP contribution < -0.4 is 5.56 Å². The molecule has 1 aromatic heterocycles. The Bertz CT molecular complexity index is 786. The van der Waals surface area contributed by atoms with Crippen molar-refractivity contribution in [1.29, 1.82) is 0 Å². The van der Waals surface area contributed by atoms with E-state index in [0.29, 0.717) is 11.3 Å². The minimum absolute atomic E-state index is 0.129. The standard InChI is InChI=1S/C16H13FN2O/c1-11-15(12-5-3-2-4-6-12)18-19(16(11)20)14-9-7-13(17)8-10-14/h2-10,18H,1H3. The molecule has 100 valence electrons. The molecule has 0 fully saturated rings. The average molecular weight is 268 g/mol. The average Bonchev–Trinajstić information content (AvgIpc) is 2.77. The van der Waals surface area contributed by atoms with Crippen molar-refractivity contribution in [2.45, 2.75) is 6.92 Å². The fraction of sp³-hybridized carbons (Fsp3) is 0.0625. The molecule has 3 rings (SSSR count). The van der Waals surface area contributed by atoms with Crippen LogP contribution in [0, 0.1) is 12.7 Å². The number of aromatic nitrogens is 2. The first-order valence-electron chi connectivity index (χ1n) is 6.30. The highest BCUT2D eigenvalue weighted by atomic mass is 19.1. The molecule has 0 radical (unpaired) electrons. The summed E-state index contributed by atoms with van der Waals surface area (Å²) >= 11 is 0. The molecule has 0 unspecified atom stereocenters. The first kappa shape index (κ1) is 12.4. The van der Waals surface area contributed by atoms with Crippen LogP contribution in [0.1, 0.15) is 5.56 Å². The molecule has 2 aromatic carbocycles. The third-order valence-electron chi connectivity index (χ3n) is 3.27. The van der Waals surface area contributed by atoms with Gasteiger partial charge in [-0.1, -0.05) is 30.3 Å². The van der Waals surface area contributed by atoms with Crippen LogP contribution in [0.15, 0.2) is 59.4 Å². The van der Waals surface area contributed by atoms with E-state index in [1.54, 1.807) is 19.1 Å². The third kappa shape index (κ3) is 2.05. The van der Waals surface area contributed by atoms with E-state index in [1.807, 2.05) is 30.3 Å². The highest BCUT2D eigenvalue weighted by Crippen LogP contribution is 2.19. The van der Waals surface area contributed by atoms with Gasteiger partial charge in [-0.05, 0) is 36.8 Å². The van der Waals surface area contributed by atoms with Gasteiger partial charge in [0, 0.05) is 5.56 Å². The highest BCUT2D eigenvalue weighted by molar-refractivity contribution is 5.62. The van der Waals surface area contributed by atoms with Crippen molar-refractivity contribution in [3.05, 3.63) is 76.3 Å². The minimum atomic E-state index is -0.326. The lowest BCUT2D eigenvalue weighted by molar-refractivity contribution is 0.627. The summed E-state index contributed by atoms with van der Waals surface area (Å²) in [6, 6.07) is 15.4. The minimum Gasteiger partial charge on any atom is -0.290 e. The predicted octanol–water partition coefficient (Wildman–Crippen LogP) is 3.28. The number of H-pyrrole nitrogens is 1. The molecule has 0 saturated heterocycles. The highest BCUT2D eigenvalue weighted by Gasteiger charge is 2.12. The van der Waals surface area contributed by atoms with E-state index in [-0.39, 0.29) is 11.4 Å². The second kappa shape index (κ2) is 4.81. The van der Waals surface area contributed by atoms with Crippen molar-refractivity contribution in [1.82, 2.24) is 9.78 Å². The summed E-state index contributed by atoms with van der Waals surface area (Å²) in [5.41, 5.74) is 2.85. The van der Waals surface area contributed by atoms with Crippen LogP contribution >= 0.6 is 0 Å². The number of aromatic amines is 1. The summed E-state index contributed by atoms with van der Waals surface area (Å²) in [5.74, 6) is -0.326. The molecule has 1 heterocycles. The molecule has 20 heavy (non-hydrogen) atoms. The lowest BCUT2D eigenvalue weighted by Crippen LogP contribution is -2.15. The molecular weight excluding hydrogens is 255 g/mol. The van der Waals surface area contributed by atoms with Crippen molar-refractivity contribution in [3.8, 4) is 16.9 Å². The summed E-state index contributed by atoms with van der Waals surface area (Å²) in [6.45, 7) is 1.78. The van der Waals surface area contributed by atoms with Crippen LogP contribution in [0.4, 0.5) is 4.39 Å². The molecule has 0 spiro atoms. The predicted molar refractivity (Wildman–Crippen MR) is 76.5 cm³/mol. The zero-order valence-corrected chi connectivity index (χ0v) is 10.9. The van der Waals surface area contributed by atoms with Crippen molar-refractivity contribution in [2.24, 2.45) is 0 Å². The van der Waals surface area contributed by atoms with Gasteiger partial charge < -0.3 is 0 Å². The Kier molecular flexibility index (Phi) is 2.99. The van der Waals surface area contributed by atoms with Crippen LogP contribution in [0.2, 0.25) is 0 Å². The van der Waals surface area contributed by atoms with Gasteiger partial charge in [0.05, 0.1) is 11.4 Å². The van der Waals surface area contributed by atoms with Gasteiger partial charge in [-0.2, -0.15) is 0 Å². The quantitative estimate of drug-likeness (QED) is 0.761. The van der Waals surface area contributed by atoms with Crippen molar-refractivity contribution < 1.29 is 4.39 Å². The Balaban J connectivity index is 2.16. The van der Waals surface area contributed by atoms with Gasteiger partial charge >= 0.3 is 0 Å². The van der Waals surface area contributed by atoms with Gasteiger partial charge in [0.2, 0.25) is 0 Å². The molecule has 4 heteroatoms. The third-order valence-corrected chi connectivity index (χ3v) is 3.27. The van der Waals surface area contributed by atoms with Gasteiger partial charge in [0.1, 0.15) is 5.82 Å². The van der Waals surface area contributed by atoms with Crippen LogP contribution in [-0.2, 0) is 0 Å². The summed E-state index contributed by atoms with van der Waals surface area (Å²) in [5, 5.41) is 3.08.